The Hall–Kier alpha value is -2.73. The molecular formula is C21H23N3O3. The van der Waals surface area contributed by atoms with Crippen LogP contribution in [0.3, 0.4) is 0 Å². The van der Waals surface area contributed by atoms with Crippen LogP contribution in [-0.2, 0) is 17.6 Å². The van der Waals surface area contributed by atoms with E-state index in [0.717, 1.165) is 55.5 Å². The smallest absolute Gasteiger partial charge is 0.251 e. The fourth-order valence-corrected chi connectivity index (χ4v) is 3.80. The standard InChI is InChI=1S/C21H23N3O3/c22-20(25)17-11-13-4-2-8-18(13)24-19(17)14-5-1-6-15(10-14)21(26)23-12-16-7-3-9-27-16/h1,5-6,10-11,16H,2-4,7-9,12H2,(H2,22,25)(H,23,26)/t16-/m0/s1. The number of hydrogen-bond acceptors (Lipinski definition) is 4. The van der Waals surface area contributed by atoms with Crippen LogP contribution in [-0.4, -0.2) is 36.1 Å². The van der Waals surface area contributed by atoms with Gasteiger partial charge in [0.05, 0.1) is 17.4 Å². The first-order chi connectivity index (χ1) is 13.1. The molecular weight excluding hydrogens is 342 g/mol. The van der Waals surface area contributed by atoms with Crippen LogP contribution >= 0.6 is 0 Å². The molecule has 2 aliphatic rings. The summed E-state index contributed by atoms with van der Waals surface area (Å²) in [7, 11) is 0. The van der Waals surface area contributed by atoms with Crippen LogP contribution < -0.4 is 11.1 Å². The second-order valence-corrected chi connectivity index (χ2v) is 7.13. The minimum atomic E-state index is -0.500. The summed E-state index contributed by atoms with van der Waals surface area (Å²) in [4.78, 5) is 29.2. The summed E-state index contributed by atoms with van der Waals surface area (Å²) < 4.78 is 5.54. The van der Waals surface area contributed by atoms with Crippen molar-refractivity contribution in [1.82, 2.24) is 10.3 Å². The van der Waals surface area contributed by atoms with E-state index in [9.17, 15) is 9.59 Å². The van der Waals surface area contributed by atoms with Gasteiger partial charge in [-0.3, -0.25) is 14.6 Å². The number of nitrogens with zero attached hydrogens (tertiary/aromatic N) is 1. The molecule has 0 bridgehead atoms. The summed E-state index contributed by atoms with van der Waals surface area (Å²) in [5, 5.41) is 2.92. The van der Waals surface area contributed by atoms with Gasteiger partial charge in [-0.1, -0.05) is 12.1 Å². The van der Waals surface area contributed by atoms with Crippen LogP contribution in [0.2, 0.25) is 0 Å². The lowest BCUT2D eigenvalue weighted by Crippen LogP contribution is -2.31. The molecule has 1 aromatic heterocycles. The summed E-state index contributed by atoms with van der Waals surface area (Å²) in [5.41, 5.74) is 9.92. The average Bonchev–Trinajstić information content (AvgIpc) is 3.36. The van der Waals surface area contributed by atoms with Crippen LogP contribution in [0.1, 0.15) is 51.2 Å². The molecule has 1 aromatic carbocycles. The maximum Gasteiger partial charge on any atom is 0.251 e. The minimum Gasteiger partial charge on any atom is -0.376 e. The van der Waals surface area contributed by atoms with Crippen molar-refractivity contribution in [3.8, 4) is 11.3 Å². The lowest BCUT2D eigenvalue weighted by Gasteiger charge is -2.13. The second-order valence-electron chi connectivity index (χ2n) is 7.13. The number of pyridine rings is 1. The zero-order chi connectivity index (χ0) is 18.8. The van der Waals surface area contributed by atoms with Crippen molar-refractivity contribution in [3.63, 3.8) is 0 Å². The highest BCUT2D eigenvalue weighted by Gasteiger charge is 2.21. The van der Waals surface area contributed by atoms with Gasteiger partial charge in [0.25, 0.3) is 11.8 Å². The average molecular weight is 365 g/mol. The number of nitrogens with one attached hydrogen (secondary N) is 1. The molecule has 2 aromatic rings. The molecule has 1 aliphatic carbocycles. The highest BCUT2D eigenvalue weighted by Crippen LogP contribution is 2.29. The Morgan fingerprint density at radius 3 is 2.89 bits per heavy atom. The van der Waals surface area contributed by atoms with E-state index in [-0.39, 0.29) is 12.0 Å². The van der Waals surface area contributed by atoms with Gasteiger partial charge in [-0.2, -0.15) is 0 Å². The molecule has 6 heteroatoms. The van der Waals surface area contributed by atoms with Gasteiger partial charge in [0, 0.05) is 30.0 Å². The first kappa shape index (κ1) is 17.7. The fourth-order valence-electron chi connectivity index (χ4n) is 3.80. The van der Waals surface area contributed by atoms with Crippen molar-refractivity contribution in [2.45, 2.75) is 38.2 Å². The van der Waals surface area contributed by atoms with E-state index < -0.39 is 5.91 Å². The van der Waals surface area contributed by atoms with Crippen molar-refractivity contribution in [1.29, 1.82) is 0 Å². The Morgan fingerprint density at radius 1 is 1.22 bits per heavy atom. The van der Waals surface area contributed by atoms with Crippen molar-refractivity contribution in [2.75, 3.05) is 13.2 Å². The first-order valence-electron chi connectivity index (χ1n) is 9.44. The molecule has 2 amide bonds. The Labute approximate surface area is 158 Å². The molecule has 0 radical (unpaired) electrons. The Kier molecular flexibility index (Phi) is 4.90. The topological polar surface area (TPSA) is 94.3 Å². The summed E-state index contributed by atoms with van der Waals surface area (Å²) >= 11 is 0. The number of nitrogens with two attached hydrogens (primary N) is 1. The van der Waals surface area contributed by atoms with Crippen LogP contribution in [0.25, 0.3) is 11.3 Å². The van der Waals surface area contributed by atoms with E-state index in [2.05, 4.69) is 5.32 Å². The van der Waals surface area contributed by atoms with Crippen molar-refractivity contribution in [2.24, 2.45) is 5.73 Å². The van der Waals surface area contributed by atoms with E-state index in [4.69, 9.17) is 15.5 Å². The molecule has 1 aliphatic heterocycles. The molecule has 1 fully saturated rings. The molecule has 6 nitrogen and oxygen atoms in total. The summed E-state index contributed by atoms with van der Waals surface area (Å²) in [6.07, 6.45) is 4.97. The Morgan fingerprint density at radius 2 is 2.11 bits per heavy atom. The highest BCUT2D eigenvalue weighted by atomic mass is 16.5. The maximum atomic E-state index is 12.5. The van der Waals surface area contributed by atoms with E-state index >= 15 is 0 Å². The number of carbonyl (C=O) groups excluding carboxylic acids is 2. The van der Waals surface area contributed by atoms with Crippen molar-refractivity contribution < 1.29 is 14.3 Å². The predicted molar refractivity (Wildman–Crippen MR) is 102 cm³/mol. The van der Waals surface area contributed by atoms with E-state index in [1.165, 1.54) is 0 Å². The SMILES string of the molecule is NC(=O)c1cc2c(nc1-c1cccc(C(=O)NC[C@@H]3CCCO3)c1)CCC2. The third-order valence-electron chi connectivity index (χ3n) is 5.23. The molecule has 1 atom stereocenters. The Balaban J connectivity index is 1.60. The van der Waals surface area contributed by atoms with Crippen LogP contribution in [0, 0.1) is 0 Å². The van der Waals surface area contributed by atoms with Gasteiger partial charge >= 0.3 is 0 Å². The number of primary amides is 1. The number of fused-ring (bicyclic) bond motifs is 1. The van der Waals surface area contributed by atoms with Crippen LogP contribution in [0.4, 0.5) is 0 Å². The third kappa shape index (κ3) is 3.71. The fraction of sp³-hybridized carbons (Fsp3) is 0.381. The van der Waals surface area contributed by atoms with Crippen LogP contribution in [0.5, 0.6) is 0 Å². The number of aryl methyl sites for hydroxylation is 2. The number of amides is 2. The number of hydrogen-bond donors (Lipinski definition) is 2. The monoisotopic (exact) mass is 365 g/mol. The largest absolute Gasteiger partial charge is 0.376 e. The molecule has 1 saturated heterocycles. The van der Waals surface area contributed by atoms with E-state index in [1.54, 1.807) is 18.2 Å². The molecule has 4 rings (SSSR count). The number of ether oxygens (including phenoxy) is 1. The molecule has 3 N–H and O–H groups in total. The van der Waals surface area contributed by atoms with Gasteiger partial charge in [0.1, 0.15) is 0 Å². The number of benzene rings is 1. The van der Waals surface area contributed by atoms with E-state index in [1.807, 2.05) is 12.1 Å². The van der Waals surface area contributed by atoms with E-state index in [0.29, 0.717) is 23.4 Å². The minimum absolute atomic E-state index is 0.0944. The van der Waals surface area contributed by atoms with Gasteiger partial charge in [-0.15, -0.1) is 0 Å². The number of aromatic nitrogens is 1. The Bertz CT molecular complexity index is 888. The highest BCUT2D eigenvalue weighted by molar-refractivity contribution is 6.00. The molecule has 0 unspecified atom stereocenters. The summed E-state index contributed by atoms with van der Waals surface area (Å²) in [6.45, 7) is 1.27. The van der Waals surface area contributed by atoms with Crippen LogP contribution in [0.15, 0.2) is 30.3 Å². The van der Waals surface area contributed by atoms with Gasteiger partial charge < -0.3 is 15.8 Å². The van der Waals surface area contributed by atoms with Gasteiger partial charge in [-0.25, -0.2) is 0 Å². The molecule has 0 saturated carbocycles. The summed E-state index contributed by atoms with van der Waals surface area (Å²) in [5.74, 6) is -0.658. The number of rotatable bonds is 5. The summed E-state index contributed by atoms with van der Waals surface area (Å²) in [6, 6.07) is 9.03. The van der Waals surface area contributed by atoms with Crippen molar-refractivity contribution in [3.05, 3.63) is 52.7 Å². The maximum absolute atomic E-state index is 12.5. The molecule has 2 heterocycles. The second kappa shape index (κ2) is 7.48. The zero-order valence-corrected chi connectivity index (χ0v) is 15.2. The predicted octanol–water partition coefficient (Wildman–Crippen LogP) is 2.25. The lowest BCUT2D eigenvalue weighted by atomic mass is 10.0. The van der Waals surface area contributed by atoms with Gasteiger partial charge in [0.15, 0.2) is 0 Å². The molecule has 140 valence electrons. The number of carbonyl (C=O) groups is 2. The quantitative estimate of drug-likeness (QED) is 0.850. The first-order valence-corrected chi connectivity index (χ1v) is 9.44. The molecule has 0 spiro atoms. The van der Waals surface area contributed by atoms with Gasteiger partial charge in [0.2, 0.25) is 0 Å². The zero-order valence-electron chi connectivity index (χ0n) is 15.2. The lowest BCUT2D eigenvalue weighted by molar-refractivity contribution is 0.0857. The van der Waals surface area contributed by atoms with Crippen molar-refractivity contribution >= 4 is 11.8 Å². The molecule has 27 heavy (non-hydrogen) atoms. The normalized spacial score (nSPS) is 18.3. The van der Waals surface area contributed by atoms with Gasteiger partial charge in [-0.05, 0) is 55.9 Å². The third-order valence-corrected chi connectivity index (χ3v) is 5.23.